The molecule has 1 saturated heterocycles. The average molecular weight is 366 g/mol. The van der Waals surface area contributed by atoms with E-state index >= 15 is 0 Å². The van der Waals surface area contributed by atoms with Crippen LogP contribution >= 0.6 is 11.3 Å². The predicted molar refractivity (Wildman–Crippen MR) is 109 cm³/mol. The standard InChI is InChI=1S/C19H35N5S/c1-16-8-13-24(14-9-16)12-6-11-22-19(20-3)21-10-5-4-7-18-23-17(2)15-25-18/h15-16H,4-14H2,1-3H3,(H2,20,21,22). The topological polar surface area (TPSA) is 52.6 Å². The largest absolute Gasteiger partial charge is 0.356 e. The molecule has 0 saturated carbocycles. The van der Waals surface area contributed by atoms with Gasteiger partial charge in [0, 0.05) is 31.2 Å². The van der Waals surface area contributed by atoms with Gasteiger partial charge in [-0.2, -0.15) is 0 Å². The van der Waals surface area contributed by atoms with Crippen molar-refractivity contribution in [1.82, 2.24) is 20.5 Å². The van der Waals surface area contributed by atoms with Crippen LogP contribution in [0.3, 0.4) is 0 Å². The van der Waals surface area contributed by atoms with E-state index in [9.17, 15) is 0 Å². The zero-order valence-electron chi connectivity index (χ0n) is 16.2. The smallest absolute Gasteiger partial charge is 0.190 e. The molecule has 6 heteroatoms. The van der Waals surface area contributed by atoms with Crippen molar-refractivity contribution in [3.05, 3.63) is 16.1 Å². The van der Waals surface area contributed by atoms with Gasteiger partial charge in [0.05, 0.1) is 5.01 Å². The van der Waals surface area contributed by atoms with Crippen LogP contribution in [0.5, 0.6) is 0 Å². The predicted octanol–water partition coefficient (Wildman–Crippen LogP) is 3.06. The molecular formula is C19H35N5S. The number of hydrogen-bond acceptors (Lipinski definition) is 4. The highest BCUT2D eigenvalue weighted by atomic mass is 32.1. The quantitative estimate of drug-likeness (QED) is 0.401. The molecule has 0 aromatic carbocycles. The van der Waals surface area contributed by atoms with Gasteiger partial charge in [-0.05, 0) is 71.0 Å². The van der Waals surface area contributed by atoms with Crippen LogP contribution in [0.4, 0.5) is 0 Å². The van der Waals surface area contributed by atoms with Crippen molar-refractivity contribution in [2.75, 3.05) is 39.8 Å². The van der Waals surface area contributed by atoms with E-state index in [4.69, 9.17) is 0 Å². The van der Waals surface area contributed by atoms with Gasteiger partial charge < -0.3 is 15.5 Å². The van der Waals surface area contributed by atoms with Crippen LogP contribution < -0.4 is 10.6 Å². The molecule has 0 unspecified atom stereocenters. The molecular weight excluding hydrogens is 330 g/mol. The van der Waals surface area contributed by atoms with Gasteiger partial charge in [0.2, 0.25) is 0 Å². The highest BCUT2D eigenvalue weighted by Gasteiger charge is 2.14. The second kappa shape index (κ2) is 11.5. The van der Waals surface area contributed by atoms with Crippen molar-refractivity contribution >= 4 is 17.3 Å². The number of nitrogens with one attached hydrogen (secondary N) is 2. The van der Waals surface area contributed by atoms with E-state index in [1.165, 1.54) is 50.3 Å². The fourth-order valence-corrected chi connectivity index (χ4v) is 3.96. The maximum Gasteiger partial charge on any atom is 0.190 e. The number of guanidine groups is 1. The Kier molecular flexibility index (Phi) is 9.26. The average Bonchev–Trinajstić information content (AvgIpc) is 3.03. The Labute approximate surface area is 157 Å². The summed E-state index contributed by atoms with van der Waals surface area (Å²) >= 11 is 1.77. The first-order chi connectivity index (χ1) is 12.2. The van der Waals surface area contributed by atoms with Gasteiger partial charge in [-0.1, -0.05) is 6.92 Å². The number of piperidine rings is 1. The maximum absolute atomic E-state index is 4.51. The number of thiazole rings is 1. The highest BCUT2D eigenvalue weighted by Crippen LogP contribution is 2.15. The number of likely N-dealkylation sites (tertiary alicyclic amines) is 1. The maximum atomic E-state index is 4.51. The summed E-state index contributed by atoms with van der Waals surface area (Å²) in [5.74, 6) is 1.84. The lowest BCUT2D eigenvalue weighted by Gasteiger charge is -2.30. The molecule has 0 bridgehead atoms. The highest BCUT2D eigenvalue weighted by molar-refractivity contribution is 7.09. The lowest BCUT2D eigenvalue weighted by Crippen LogP contribution is -2.40. The molecule has 25 heavy (non-hydrogen) atoms. The van der Waals surface area contributed by atoms with Gasteiger partial charge in [-0.3, -0.25) is 4.99 Å². The number of unbranched alkanes of at least 4 members (excludes halogenated alkanes) is 1. The van der Waals surface area contributed by atoms with Gasteiger partial charge in [0.25, 0.3) is 0 Å². The fraction of sp³-hybridized carbons (Fsp3) is 0.789. The molecule has 2 N–H and O–H groups in total. The summed E-state index contributed by atoms with van der Waals surface area (Å²) < 4.78 is 0. The third-order valence-electron chi connectivity index (χ3n) is 4.82. The molecule has 0 amide bonds. The summed E-state index contributed by atoms with van der Waals surface area (Å²) in [6.07, 6.45) is 7.29. The van der Waals surface area contributed by atoms with Crippen molar-refractivity contribution in [2.45, 2.75) is 52.4 Å². The molecule has 5 nitrogen and oxygen atoms in total. The number of aromatic nitrogens is 1. The fourth-order valence-electron chi connectivity index (χ4n) is 3.14. The summed E-state index contributed by atoms with van der Waals surface area (Å²) in [4.78, 5) is 11.4. The Bertz CT molecular complexity index is 506. The van der Waals surface area contributed by atoms with E-state index in [1.54, 1.807) is 11.3 Å². The molecule has 0 atom stereocenters. The van der Waals surface area contributed by atoms with Crippen molar-refractivity contribution < 1.29 is 0 Å². The monoisotopic (exact) mass is 365 g/mol. The van der Waals surface area contributed by atoms with Crippen LogP contribution in [0.2, 0.25) is 0 Å². The van der Waals surface area contributed by atoms with Gasteiger partial charge in [0.15, 0.2) is 5.96 Å². The Morgan fingerprint density at radius 1 is 1.24 bits per heavy atom. The van der Waals surface area contributed by atoms with Crippen LogP contribution in [0.1, 0.15) is 49.7 Å². The lowest BCUT2D eigenvalue weighted by molar-refractivity contribution is 0.191. The first kappa shape index (κ1) is 20.2. The van der Waals surface area contributed by atoms with Gasteiger partial charge >= 0.3 is 0 Å². The van der Waals surface area contributed by atoms with E-state index in [0.717, 1.165) is 43.5 Å². The first-order valence-electron chi connectivity index (χ1n) is 9.75. The Morgan fingerprint density at radius 3 is 2.60 bits per heavy atom. The minimum Gasteiger partial charge on any atom is -0.356 e. The lowest BCUT2D eigenvalue weighted by atomic mass is 9.99. The molecule has 2 rings (SSSR count). The van der Waals surface area contributed by atoms with Gasteiger partial charge in [-0.15, -0.1) is 11.3 Å². The van der Waals surface area contributed by atoms with E-state index in [0.29, 0.717) is 0 Å². The molecule has 0 radical (unpaired) electrons. The first-order valence-corrected chi connectivity index (χ1v) is 10.6. The van der Waals surface area contributed by atoms with Crippen LogP contribution in [0, 0.1) is 12.8 Å². The summed E-state index contributed by atoms with van der Waals surface area (Å²) in [6.45, 7) is 10.1. The second-order valence-electron chi connectivity index (χ2n) is 7.14. The SMILES string of the molecule is CN=C(NCCCCc1nc(C)cs1)NCCCN1CCC(C)CC1. The van der Waals surface area contributed by atoms with Crippen molar-refractivity contribution in [3.63, 3.8) is 0 Å². The zero-order chi connectivity index (χ0) is 17.9. The van der Waals surface area contributed by atoms with Crippen LogP contribution in [-0.4, -0.2) is 55.6 Å². The van der Waals surface area contributed by atoms with Crippen molar-refractivity contribution in [1.29, 1.82) is 0 Å². The summed E-state index contributed by atoms with van der Waals surface area (Å²) in [6, 6.07) is 0. The number of nitrogens with zero attached hydrogens (tertiary/aromatic N) is 3. The summed E-state index contributed by atoms with van der Waals surface area (Å²) in [7, 11) is 1.85. The number of aryl methyl sites for hydroxylation is 2. The normalized spacial score (nSPS) is 17.0. The summed E-state index contributed by atoms with van der Waals surface area (Å²) in [5.41, 5.74) is 1.14. The molecule has 1 aliphatic heterocycles. The molecule has 0 spiro atoms. The number of rotatable bonds is 9. The molecule has 1 fully saturated rings. The molecule has 2 heterocycles. The van der Waals surface area contributed by atoms with Crippen LogP contribution in [0.25, 0.3) is 0 Å². The molecule has 142 valence electrons. The van der Waals surface area contributed by atoms with Gasteiger partial charge in [0.1, 0.15) is 0 Å². The Morgan fingerprint density at radius 2 is 1.96 bits per heavy atom. The molecule has 1 aliphatic rings. The number of hydrogen-bond donors (Lipinski definition) is 2. The number of aliphatic imine (C=N–C) groups is 1. The minimum atomic E-state index is 0.914. The summed E-state index contributed by atoms with van der Waals surface area (Å²) in [5, 5.41) is 10.2. The Hall–Kier alpha value is -1.14. The van der Waals surface area contributed by atoms with Crippen molar-refractivity contribution in [3.8, 4) is 0 Å². The van der Waals surface area contributed by atoms with Crippen LogP contribution in [-0.2, 0) is 6.42 Å². The molecule has 1 aromatic rings. The van der Waals surface area contributed by atoms with E-state index in [2.05, 4.69) is 44.7 Å². The third-order valence-corrected chi connectivity index (χ3v) is 5.85. The third kappa shape index (κ3) is 8.19. The van der Waals surface area contributed by atoms with E-state index in [-0.39, 0.29) is 0 Å². The van der Waals surface area contributed by atoms with Crippen LogP contribution in [0.15, 0.2) is 10.4 Å². The zero-order valence-corrected chi connectivity index (χ0v) is 17.0. The Balaban J connectivity index is 1.47. The van der Waals surface area contributed by atoms with Gasteiger partial charge in [-0.25, -0.2) is 4.98 Å². The molecule has 1 aromatic heterocycles. The van der Waals surface area contributed by atoms with E-state index < -0.39 is 0 Å². The van der Waals surface area contributed by atoms with Crippen molar-refractivity contribution in [2.24, 2.45) is 10.9 Å². The van der Waals surface area contributed by atoms with E-state index in [1.807, 2.05) is 7.05 Å². The minimum absolute atomic E-state index is 0.914. The molecule has 0 aliphatic carbocycles. The second-order valence-corrected chi connectivity index (χ2v) is 8.09.